The van der Waals surface area contributed by atoms with Crippen molar-refractivity contribution in [2.24, 2.45) is 0 Å². The third-order valence-electron chi connectivity index (χ3n) is 3.66. The molecule has 1 aliphatic carbocycles. The zero-order valence-corrected chi connectivity index (χ0v) is 10.5. The highest BCUT2D eigenvalue weighted by molar-refractivity contribution is 6.03. The number of aromatic nitrogens is 1. The van der Waals surface area contributed by atoms with E-state index in [1.807, 2.05) is 18.2 Å². The molecule has 1 aromatic heterocycles. The van der Waals surface area contributed by atoms with Gasteiger partial charge in [-0.3, -0.25) is 4.98 Å². The van der Waals surface area contributed by atoms with Crippen molar-refractivity contribution in [1.82, 2.24) is 4.98 Å². The van der Waals surface area contributed by atoms with E-state index in [1.165, 1.54) is 7.11 Å². The van der Waals surface area contributed by atoms with Crippen LogP contribution in [0.5, 0.6) is 0 Å². The number of pyridine rings is 1. The SMILES string of the molecule is COC(=O)c1ccnc2cc(C3(C#N)CC3)ccc12. The number of hydrogen-bond donors (Lipinski definition) is 0. The van der Waals surface area contributed by atoms with Gasteiger partial charge in [0.1, 0.15) is 0 Å². The molecule has 94 valence electrons. The van der Waals surface area contributed by atoms with E-state index in [0.717, 1.165) is 29.3 Å². The number of fused-ring (bicyclic) bond motifs is 1. The third-order valence-corrected chi connectivity index (χ3v) is 3.66. The maximum Gasteiger partial charge on any atom is 0.338 e. The van der Waals surface area contributed by atoms with Crippen LogP contribution in [-0.4, -0.2) is 18.1 Å². The first-order valence-corrected chi connectivity index (χ1v) is 6.09. The Morgan fingerprint density at radius 1 is 1.42 bits per heavy atom. The van der Waals surface area contributed by atoms with Gasteiger partial charge in [-0.1, -0.05) is 12.1 Å². The maximum atomic E-state index is 11.7. The number of carbonyl (C=O) groups is 1. The molecule has 1 aromatic carbocycles. The van der Waals surface area contributed by atoms with Crippen molar-refractivity contribution in [3.05, 3.63) is 41.6 Å². The molecule has 1 fully saturated rings. The van der Waals surface area contributed by atoms with Crippen LogP contribution in [0, 0.1) is 11.3 Å². The quantitative estimate of drug-likeness (QED) is 0.770. The minimum atomic E-state index is -0.374. The van der Waals surface area contributed by atoms with E-state index in [9.17, 15) is 10.1 Å². The molecule has 4 heteroatoms. The summed E-state index contributed by atoms with van der Waals surface area (Å²) >= 11 is 0. The van der Waals surface area contributed by atoms with E-state index < -0.39 is 0 Å². The molecule has 0 radical (unpaired) electrons. The van der Waals surface area contributed by atoms with Gasteiger partial charge in [0.15, 0.2) is 0 Å². The summed E-state index contributed by atoms with van der Waals surface area (Å²) < 4.78 is 4.76. The summed E-state index contributed by atoms with van der Waals surface area (Å²) in [6.07, 6.45) is 3.38. The highest BCUT2D eigenvalue weighted by Crippen LogP contribution is 2.47. The number of ether oxygens (including phenoxy) is 1. The number of nitrogens with zero attached hydrogens (tertiary/aromatic N) is 2. The third kappa shape index (κ3) is 1.75. The summed E-state index contributed by atoms with van der Waals surface area (Å²) in [7, 11) is 1.36. The Labute approximate surface area is 110 Å². The average Bonchev–Trinajstić information content (AvgIpc) is 3.26. The Balaban J connectivity index is 2.16. The van der Waals surface area contributed by atoms with E-state index in [2.05, 4.69) is 11.1 Å². The van der Waals surface area contributed by atoms with Crippen LogP contribution in [0.3, 0.4) is 0 Å². The summed E-state index contributed by atoms with van der Waals surface area (Å²) in [5, 5.41) is 9.97. The van der Waals surface area contributed by atoms with Crippen molar-refractivity contribution < 1.29 is 9.53 Å². The van der Waals surface area contributed by atoms with Gasteiger partial charge in [0, 0.05) is 11.6 Å². The molecule has 0 unspecified atom stereocenters. The maximum absolute atomic E-state index is 11.7. The normalized spacial score (nSPS) is 15.8. The first-order chi connectivity index (χ1) is 9.20. The van der Waals surface area contributed by atoms with Crippen molar-refractivity contribution in [2.75, 3.05) is 7.11 Å². The number of hydrogen-bond acceptors (Lipinski definition) is 4. The minimum absolute atomic E-state index is 0.336. The summed E-state index contributed by atoms with van der Waals surface area (Å²) in [4.78, 5) is 16.0. The monoisotopic (exact) mass is 252 g/mol. The molecule has 19 heavy (non-hydrogen) atoms. The number of benzene rings is 1. The van der Waals surface area contributed by atoms with Crippen molar-refractivity contribution >= 4 is 16.9 Å². The molecule has 0 amide bonds. The first kappa shape index (κ1) is 11.7. The van der Waals surface area contributed by atoms with E-state index in [4.69, 9.17) is 4.74 Å². The molecule has 0 N–H and O–H groups in total. The second-order valence-electron chi connectivity index (χ2n) is 4.78. The Bertz CT molecular complexity index is 712. The fourth-order valence-electron chi connectivity index (χ4n) is 2.32. The van der Waals surface area contributed by atoms with Crippen LogP contribution < -0.4 is 0 Å². The van der Waals surface area contributed by atoms with E-state index >= 15 is 0 Å². The lowest BCUT2D eigenvalue weighted by Crippen LogP contribution is -2.05. The molecule has 0 atom stereocenters. The highest BCUT2D eigenvalue weighted by atomic mass is 16.5. The van der Waals surface area contributed by atoms with Crippen LogP contribution in [0.1, 0.15) is 28.8 Å². The van der Waals surface area contributed by atoms with Crippen LogP contribution >= 0.6 is 0 Å². The smallest absolute Gasteiger partial charge is 0.338 e. The fourth-order valence-corrected chi connectivity index (χ4v) is 2.32. The molecule has 0 saturated heterocycles. The predicted octanol–water partition coefficient (Wildman–Crippen LogP) is 2.58. The van der Waals surface area contributed by atoms with Crippen LogP contribution in [-0.2, 0) is 10.2 Å². The standard InChI is InChI=1S/C15H12N2O2/c1-19-14(18)12-4-7-17-13-8-10(2-3-11(12)13)15(9-16)5-6-15/h2-4,7-8H,5-6H2,1H3. The van der Waals surface area contributed by atoms with Gasteiger partial charge in [0.2, 0.25) is 0 Å². The lowest BCUT2D eigenvalue weighted by atomic mass is 9.95. The second-order valence-corrected chi connectivity index (χ2v) is 4.78. The molecule has 1 aliphatic rings. The molecule has 2 aromatic rings. The zero-order chi connectivity index (χ0) is 13.5. The molecule has 0 aliphatic heterocycles. The summed E-state index contributed by atoms with van der Waals surface area (Å²) in [6, 6.07) is 9.67. The highest BCUT2D eigenvalue weighted by Gasteiger charge is 2.44. The number of nitriles is 1. The van der Waals surface area contributed by atoms with Gasteiger partial charge in [-0.05, 0) is 30.5 Å². The Morgan fingerprint density at radius 2 is 2.21 bits per heavy atom. The largest absolute Gasteiger partial charge is 0.465 e. The average molecular weight is 252 g/mol. The minimum Gasteiger partial charge on any atom is -0.465 e. The topological polar surface area (TPSA) is 63.0 Å². The Kier molecular flexibility index (Phi) is 2.49. The van der Waals surface area contributed by atoms with Crippen molar-refractivity contribution in [2.45, 2.75) is 18.3 Å². The van der Waals surface area contributed by atoms with Crippen molar-refractivity contribution in [3.63, 3.8) is 0 Å². The van der Waals surface area contributed by atoms with Crippen molar-refractivity contribution in [3.8, 4) is 6.07 Å². The lowest BCUT2D eigenvalue weighted by molar-refractivity contribution is 0.0603. The van der Waals surface area contributed by atoms with Gasteiger partial charge >= 0.3 is 5.97 Å². The van der Waals surface area contributed by atoms with Gasteiger partial charge in [-0.15, -0.1) is 0 Å². The first-order valence-electron chi connectivity index (χ1n) is 6.09. The number of rotatable bonds is 2. The van der Waals surface area contributed by atoms with Crippen LogP contribution in [0.25, 0.3) is 10.9 Å². The number of esters is 1. The molecule has 0 bridgehead atoms. The zero-order valence-electron chi connectivity index (χ0n) is 10.5. The summed E-state index contributed by atoms with van der Waals surface area (Å²) in [5.74, 6) is -0.374. The second kappa shape index (κ2) is 4.06. The fraction of sp³-hybridized carbons (Fsp3) is 0.267. The van der Waals surface area contributed by atoms with E-state index in [0.29, 0.717) is 5.56 Å². The Morgan fingerprint density at radius 3 is 2.84 bits per heavy atom. The molecule has 3 rings (SSSR count). The van der Waals surface area contributed by atoms with Gasteiger partial charge in [-0.25, -0.2) is 4.79 Å². The van der Waals surface area contributed by atoms with E-state index in [1.54, 1.807) is 12.3 Å². The molecule has 1 saturated carbocycles. The summed E-state index contributed by atoms with van der Waals surface area (Å²) in [6.45, 7) is 0. The van der Waals surface area contributed by atoms with Crippen LogP contribution in [0.15, 0.2) is 30.5 Å². The van der Waals surface area contributed by atoms with Crippen molar-refractivity contribution in [1.29, 1.82) is 5.26 Å². The van der Waals surface area contributed by atoms with E-state index in [-0.39, 0.29) is 11.4 Å². The molecular formula is C15H12N2O2. The van der Waals surface area contributed by atoms with Crippen LogP contribution in [0.2, 0.25) is 0 Å². The lowest BCUT2D eigenvalue weighted by Gasteiger charge is -2.09. The number of carbonyl (C=O) groups excluding carboxylic acids is 1. The van der Waals surface area contributed by atoms with Gasteiger partial charge < -0.3 is 4.74 Å². The van der Waals surface area contributed by atoms with Gasteiger partial charge in [0.25, 0.3) is 0 Å². The van der Waals surface area contributed by atoms with Gasteiger partial charge in [-0.2, -0.15) is 5.26 Å². The molecular weight excluding hydrogens is 240 g/mol. The number of methoxy groups -OCH3 is 1. The Hall–Kier alpha value is -2.41. The summed E-state index contributed by atoms with van der Waals surface area (Å²) in [5.41, 5.74) is 1.87. The van der Waals surface area contributed by atoms with Crippen LogP contribution in [0.4, 0.5) is 0 Å². The molecule has 1 heterocycles. The van der Waals surface area contributed by atoms with Gasteiger partial charge in [0.05, 0.1) is 29.7 Å². The predicted molar refractivity (Wildman–Crippen MR) is 69.6 cm³/mol. The molecule has 4 nitrogen and oxygen atoms in total. The molecule has 0 spiro atoms.